The van der Waals surface area contributed by atoms with Crippen molar-refractivity contribution in [1.29, 1.82) is 0 Å². The molecular formula is C12H16BrFN2O3S. The number of morpholine rings is 1. The fourth-order valence-electron chi connectivity index (χ4n) is 2.15. The quantitative estimate of drug-likeness (QED) is 0.812. The van der Waals surface area contributed by atoms with Gasteiger partial charge in [-0.1, -0.05) is 0 Å². The van der Waals surface area contributed by atoms with Crippen LogP contribution < -0.4 is 5.73 Å². The van der Waals surface area contributed by atoms with Crippen molar-refractivity contribution in [3.8, 4) is 0 Å². The molecule has 0 radical (unpaired) electrons. The summed E-state index contributed by atoms with van der Waals surface area (Å²) in [5.41, 5.74) is 5.11. The zero-order valence-corrected chi connectivity index (χ0v) is 13.6. The van der Waals surface area contributed by atoms with Crippen molar-refractivity contribution in [1.82, 2.24) is 4.31 Å². The Balaban J connectivity index is 2.53. The molecule has 1 fully saturated rings. The Bertz CT molecular complexity index is 634. The Morgan fingerprint density at radius 2 is 2.10 bits per heavy atom. The molecular weight excluding hydrogens is 351 g/mol. The second-order valence-corrected chi connectivity index (χ2v) is 7.93. The van der Waals surface area contributed by atoms with E-state index in [-0.39, 0.29) is 25.4 Å². The summed E-state index contributed by atoms with van der Waals surface area (Å²) in [6, 6.07) is 2.20. The zero-order chi connectivity index (χ0) is 15.1. The molecule has 1 heterocycles. The van der Waals surface area contributed by atoms with Crippen LogP contribution in [0.2, 0.25) is 0 Å². The average molecular weight is 367 g/mol. The second-order valence-electron chi connectivity index (χ2n) is 5.25. The van der Waals surface area contributed by atoms with E-state index in [1.807, 2.05) is 0 Å². The molecule has 0 aromatic heterocycles. The Hall–Kier alpha value is -0.700. The lowest BCUT2D eigenvalue weighted by molar-refractivity contribution is -0.00779. The van der Waals surface area contributed by atoms with Crippen molar-refractivity contribution in [3.63, 3.8) is 0 Å². The molecule has 0 aliphatic carbocycles. The van der Waals surface area contributed by atoms with Gasteiger partial charge < -0.3 is 10.5 Å². The summed E-state index contributed by atoms with van der Waals surface area (Å²) in [6.45, 7) is 4.22. The van der Waals surface area contributed by atoms with E-state index >= 15 is 0 Å². The standard InChI is InChI=1S/C12H16BrFN2O3S/c1-12(2)7-19-4-3-16(12)20(17,18)11-6-10(15)8(13)5-9(11)14/h5-6H,3-4,7,15H2,1-2H3. The molecule has 1 aromatic rings. The molecule has 1 saturated heterocycles. The van der Waals surface area contributed by atoms with Gasteiger partial charge in [0, 0.05) is 16.7 Å². The van der Waals surface area contributed by atoms with E-state index in [1.54, 1.807) is 13.8 Å². The maximum atomic E-state index is 14.0. The highest BCUT2D eigenvalue weighted by Gasteiger charge is 2.41. The Kier molecular flexibility index (Phi) is 4.12. The highest BCUT2D eigenvalue weighted by molar-refractivity contribution is 9.10. The smallest absolute Gasteiger partial charge is 0.246 e. The Labute approximate surface area is 126 Å². The number of halogens is 2. The molecule has 2 N–H and O–H groups in total. The molecule has 0 bridgehead atoms. The normalized spacial score (nSPS) is 20.0. The van der Waals surface area contributed by atoms with Crippen LogP contribution in [0.1, 0.15) is 13.8 Å². The molecule has 1 aliphatic rings. The van der Waals surface area contributed by atoms with Crippen LogP contribution in [0.3, 0.4) is 0 Å². The second kappa shape index (κ2) is 5.25. The molecule has 2 rings (SSSR count). The van der Waals surface area contributed by atoms with Crippen LogP contribution in [0.25, 0.3) is 0 Å². The summed E-state index contributed by atoms with van der Waals surface area (Å²) in [5.74, 6) is -0.826. The monoisotopic (exact) mass is 366 g/mol. The molecule has 5 nitrogen and oxygen atoms in total. The van der Waals surface area contributed by atoms with Crippen LogP contribution in [0.4, 0.5) is 10.1 Å². The molecule has 1 aliphatic heterocycles. The van der Waals surface area contributed by atoms with Gasteiger partial charge >= 0.3 is 0 Å². The fraction of sp³-hybridized carbons (Fsp3) is 0.500. The summed E-state index contributed by atoms with van der Waals surface area (Å²) in [4.78, 5) is -0.409. The molecule has 8 heteroatoms. The van der Waals surface area contributed by atoms with Crippen LogP contribution in [0.5, 0.6) is 0 Å². The van der Waals surface area contributed by atoms with Crippen LogP contribution >= 0.6 is 15.9 Å². The molecule has 0 amide bonds. The van der Waals surface area contributed by atoms with E-state index in [4.69, 9.17) is 10.5 Å². The first-order valence-electron chi connectivity index (χ1n) is 6.01. The number of nitrogen functional groups attached to an aromatic ring is 1. The number of anilines is 1. The van der Waals surface area contributed by atoms with Gasteiger partial charge in [0.25, 0.3) is 0 Å². The van der Waals surface area contributed by atoms with Gasteiger partial charge in [0.05, 0.1) is 18.8 Å². The van der Waals surface area contributed by atoms with E-state index in [1.165, 1.54) is 4.31 Å². The molecule has 0 spiro atoms. The highest BCUT2D eigenvalue weighted by Crippen LogP contribution is 2.32. The number of benzene rings is 1. The van der Waals surface area contributed by atoms with Gasteiger partial charge in [0.2, 0.25) is 10.0 Å². The molecule has 112 valence electrons. The third-order valence-corrected chi connectivity index (χ3v) is 6.00. The van der Waals surface area contributed by atoms with E-state index in [2.05, 4.69) is 15.9 Å². The number of nitrogens with two attached hydrogens (primary N) is 1. The number of ether oxygens (including phenoxy) is 1. The third-order valence-electron chi connectivity index (χ3n) is 3.19. The number of hydrogen-bond acceptors (Lipinski definition) is 4. The minimum absolute atomic E-state index is 0.177. The first kappa shape index (κ1) is 15.7. The molecule has 20 heavy (non-hydrogen) atoms. The number of rotatable bonds is 2. The predicted octanol–water partition coefficient (Wildman–Crippen LogP) is 1.97. The zero-order valence-electron chi connectivity index (χ0n) is 11.2. The van der Waals surface area contributed by atoms with Crippen molar-refractivity contribution in [3.05, 3.63) is 22.4 Å². The fourth-order valence-corrected chi connectivity index (χ4v) is 4.30. The van der Waals surface area contributed by atoms with E-state index in [0.29, 0.717) is 4.47 Å². The van der Waals surface area contributed by atoms with Gasteiger partial charge in [-0.3, -0.25) is 0 Å². The number of sulfonamides is 1. The van der Waals surface area contributed by atoms with Crippen molar-refractivity contribution in [2.45, 2.75) is 24.3 Å². The molecule has 1 aromatic carbocycles. The van der Waals surface area contributed by atoms with Crippen LogP contribution in [0, 0.1) is 5.82 Å². The van der Waals surface area contributed by atoms with Crippen molar-refractivity contribution in [2.75, 3.05) is 25.5 Å². The maximum absolute atomic E-state index is 14.0. The van der Waals surface area contributed by atoms with E-state index in [0.717, 1.165) is 12.1 Å². The summed E-state index contributed by atoms with van der Waals surface area (Å²) in [7, 11) is -3.96. The summed E-state index contributed by atoms with van der Waals surface area (Å²) >= 11 is 3.07. The van der Waals surface area contributed by atoms with Gasteiger partial charge in [-0.15, -0.1) is 0 Å². The number of hydrogen-bond donors (Lipinski definition) is 1. The SMILES string of the molecule is CC1(C)COCCN1S(=O)(=O)c1cc(N)c(Br)cc1F. The minimum atomic E-state index is -3.96. The lowest BCUT2D eigenvalue weighted by Gasteiger charge is -2.40. The van der Waals surface area contributed by atoms with Crippen LogP contribution in [-0.4, -0.2) is 38.0 Å². The van der Waals surface area contributed by atoms with Gasteiger partial charge in [0.15, 0.2) is 0 Å². The third kappa shape index (κ3) is 2.69. The topological polar surface area (TPSA) is 72.6 Å². The average Bonchev–Trinajstić information content (AvgIpc) is 2.32. The molecule has 0 atom stereocenters. The van der Waals surface area contributed by atoms with E-state index in [9.17, 15) is 12.8 Å². The Morgan fingerprint density at radius 1 is 1.45 bits per heavy atom. The van der Waals surface area contributed by atoms with Crippen molar-refractivity contribution in [2.24, 2.45) is 0 Å². The Morgan fingerprint density at radius 3 is 2.70 bits per heavy atom. The van der Waals surface area contributed by atoms with Gasteiger partial charge in [-0.05, 0) is 41.9 Å². The molecule has 0 unspecified atom stereocenters. The van der Waals surface area contributed by atoms with Gasteiger partial charge in [0.1, 0.15) is 10.7 Å². The van der Waals surface area contributed by atoms with Gasteiger partial charge in [-0.2, -0.15) is 4.31 Å². The van der Waals surface area contributed by atoms with E-state index < -0.39 is 26.3 Å². The predicted molar refractivity (Wildman–Crippen MR) is 77.3 cm³/mol. The first-order chi connectivity index (χ1) is 9.16. The van der Waals surface area contributed by atoms with Crippen LogP contribution in [-0.2, 0) is 14.8 Å². The van der Waals surface area contributed by atoms with Gasteiger partial charge in [-0.25, -0.2) is 12.8 Å². The maximum Gasteiger partial charge on any atom is 0.246 e. The molecule has 0 saturated carbocycles. The van der Waals surface area contributed by atoms with Crippen LogP contribution in [0.15, 0.2) is 21.5 Å². The first-order valence-corrected chi connectivity index (χ1v) is 8.25. The summed E-state index contributed by atoms with van der Waals surface area (Å²) in [5, 5.41) is 0. The highest BCUT2D eigenvalue weighted by atomic mass is 79.9. The summed E-state index contributed by atoms with van der Waals surface area (Å²) in [6.07, 6.45) is 0. The largest absolute Gasteiger partial charge is 0.398 e. The van der Waals surface area contributed by atoms with Crippen molar-refractivity contribution >= 4 is 31.6 Å². The lowest BCUT2D eigenvalue weighted by atomic mass is 10.1. The van der Waals surface area contributed by atoms with Crippen molar-refractivity contribution < 1.29 is 17.5 Å². The summed E-state index contributed by atoms with van der Waals surface area (Å²) < 4.78 is 46.2. The minimum Gasteiger partial charge on any atom is -0.398 e. The number of nitrogens with zero attached hydrogens (tertiary/aromatic N) is 1. The lowest BCUT2D eigenvalue weighted by Crippen LogP contribution is -2.55.